The van der Waals surface area contributed by atoms with Gasteiger partial charge in [-0.1, -0.05) is 0 Å². The van der Waals surface area contributed by atoms with Crippen LogP contribution < -0.4 is 5.32 Å². The average molecular weight is 271 g/mol. The minimum Gasteiger partial charge on any atom is -0.337 e. The Morgan fingerprint density at radius 1 is 1.50 bits per heavy atom. The second kappa shape index (κ2) is 5.34. The van der Waals surface area contributed by atoms with Crippen molar-refractivity contribution in [3.8, 4) is 0 Å². The third-order valence-electron chi connectivity index (χ3n) is 2.33. The van der Waals surface area contributed by atoms with E-state index in [1.165, 1.54) is 0 Å². The maximum Gasteiger partial charge on any atom is 0.295 e. The first-order chi connectivity index (χ1) is 8.60. The van der Waals surface area contributed by atoms with E-state index in [-0.39, 0.29) is 11.7 Å². The molecule has 0 atom stereocenters. The van der Waals surface area contributed by atoms with Crippen molar-refractivity contribution in [1.82, 2.24) is 9.97 Å². The number of fused-ring (bicyclic) bond motifs is 1. The summed E-state index contributed by atoms with van der Waals surface area (Å²) in [6, 6.07) is 4.77. The van der Waals surface area contributed by atoms with E-state index >= 15 is 0 Å². The Morgan fingerprint density at radius 3 is 2.94 bits per heavy atom. The van der Waals surface area contributed by atoms with E-state index in [1.807, 2.05) is 0 Å². The number of imidazole rings is 1. The number of nitrogens with zero attached hydrogens (tertiary/aromatic N) is 1. The minimum absolute atomic E-state index is 0.169. The van der Waals surface area contributed by atoms with Gasteiger partial charge in [0.25, 0.3) is 6.43 Å². The van der Waals surface area contributed by atoms with Crippen molar-refractivity contribution in [3.05, 3.63) is 24.0 Å². The molecule has 0 fully saturated rings. The predicted molar refractivity (Wildman–Crippen MR) is 68.2 cm³/mol. The first-order valence-electron chi connectivity index (χ1n) is 5.28. The summed E-state index contributed by atoms with van der Waals surface area (Å²) in [6.07, 6.45) is -2.34. The molecule has 1 aromatic carbocycles. The maximum atomic E-state index is 12.4. The number of thiol groups is 1. The Labute approximate surface area is 107 Å². The van der Waals surface area contributed by atoms with Crippen molar-refractivity contribution < 1.29 is 13.6 Å². The lowest BCUT2D eigenvalue weighted by Gasteiger charge is -2.03. The molecule has 0 aliphatic rings. The molecule has 0 spiro atoms. The number of H-pyrrole nitrogens is 1. The van der Waals surface area contributed by atoms with Crippen molar-refractivity contribution in [1.29, 1.82) is 0 Å². The van der Waals surface area contributed by atoms with E-state index in [1.54, 1.807) is 18.2 Å². The molecule has 0 aliphatic heterocycles. The first kappa shape index (κ1) is 12.8. The second-order valence-corrected chi connectivity index (χ2v) is 4.12. The molecule has 7 heteroatoms. The number of rotatable bonds is 4. The topological polar surface area (TPSA) is 57.8 Å². The minimum atomic E-state index is -2.64. The summed E-state index contributed by atoms with van der Waals surface area (Å²) in [6.45, 7) is 0. The number of carbonyl (C=O) groups excluding carboxylic acids is 1. The van der Waals surface area contributed by atoms with E-state index < -0.39 is 6.43 Å². The number of halogens is 2. The molecule has 2 rings (SSSR count). The van der Waals surface area contributed by atoms with E-state index in [9.17, 15) is 13.6 Å². The van der Waals surface area contributed by atoms with Crippen molar-refractivity contribution >= 4 is 35.3 Å². The highest BCUT2D eigenvalue weighted by molar-refractivity contribution is 7.80. The summed E-state index contributed by atoms with van der Waals surface area (Å²) in [4.78, 5) is 17.6. The lowest BCUT2D eigenvalue weighted by molar-refractivity contribution is -0.115. The molecule has 1 heterocycles. The van der Waals surface area contributed by atoms with E-state index in [2.05, 4.69) is 27.9 Å². The molecule has 0 aliphatic carbocycles. The van der Waals surface area contributed by atoms with E-state index in [0.717, 1.165) is 0 Å². The molecular formula is C11H11F2N3OS. The molecule has 0 radical (unpaired) electrons. The van der Waals surface area contributed by atoms with Gasteiger partial charge in [-0.15, -0.1) is 0 Å². The van der Waals surface area contributed by atoms with E-state index in [0.29, 0.717) is 28.9 Å². The van der Waals surface area contributed by atoms with Crippen LogP contribution in [0, 0.1) is 0 Å². The van der Waals surface area contributed by atoms with Crippen molar-refractivity contribution in [3.63, 3.8) is 0 Å². The summed E-state index contributed by atoms with van der Waals surface area (Å²) in [5.74, 6) is -0.0880. The molecule has 2 N–H and O–H groups in total. The number of benzene rings is 1. The number of nitrogens with one attached hydrogen (secondary N) is 2. The summed E-state index contributed by atoms with van der Waals surface area (Å²) >= 11 is 3.95. The predicted octanol–water partition coefficient (Wildman–Crippen LogP) is 2.76. The van der Waals surface area contributed by atoms with Crippen molar-refractivity contribution in [2.75, 3.05) is 11.1 Å². The molecular weight excluding hydrogens is 260 g/mol. The SMILES string of the molecule is O=C(CCS)Nc1ccc2nc(C(F)F)[nH]c2c1. The standard InChI is InChI=1S/C11H11F2N3OS/c12-10(13)11-15-7-2-1-6(5-8(7)16-11)14-9(17)3-4-18/h1-2,5,10,18H,3-4H2,(H,14,17)(H,15,16). The normalized spacial score (nSPS) is 11.1. The van der Waals surface area contributed by atoms with Gasteiger partial charge in [0.1, 0.15) is 0 Å². The van der Waals surface area contributed by atoms with Gasteiger partial charge in [0, 0.05) is 12.1 Å². The number of carbonyl (C=O) groups is 1. The largest absolute Gasteiger partial charge is 0.337 e. The molecule has 0 saturated heterocycles. The molecule has 2 aromatic rings. The maximum absolute atomic E-state index is 12.4. The van der Waals surface area contributed by atoms with Crippen LogP contribution in [0.1, 0.15) is 18.7 Å². The van der Waals surface area contributed by atoms with Gasteiger partial charge in [0.05, 0.1) is 11.0 Å². The summed E-state index contributed by atoms with van der Waals surface area (Å²) in [5, 5.41) is 2.65. The van der Waals surface area contributed by atoms with Crippen molar-refractivity contribution in [2.24, 2.45) is 0 Å². The summed E-state index contributed by atoms with van der Waals surface area (Å²) < 4.78 is 24.9. The molecule has 0 unspecified atom stereocenters. The quantitative estimate of drug-likeness (QED) is 0.749. The van der Waals surface area contributed by atoms with Gasteiger partial charge in [-0.2, -0.15) is 12.6 Å². The Kier molecular flexibility index (Phi) is 3.81. The van der Waals surface area contributed by atoms with Gasteiger partial charge in [-0.05, 0) is 24.0 Å². The number of amides is 1. The van der Waals surface area contributed by atoms with Crippen LogP contribution in [0.25, 0.3) is 11.0 Å². The number of hydrogen-bond donors (Lipinski definition) is 3. The number of hydrogen-bond acceptors (Lipinski definition) is 3. The fraction of sp³-hybridized carbons (Fsp3) is 0.273. The van der Waals surface area contributed by atoms with Gasteiger partial charge in [0.2, 0.25) is 5.91 Å². The second-order valence-electron chi connectivity index (χ2n) is 3.68. The number of alkyl halides is 2. The fourth-order valence-corrected chi connectivity index (χ4v) is 1.74. The van der Waals surface area contributed by atoms with Crippen LogP contribution in [0.5, 0.6) is 0 Å². The van der Waals surface area contributed by atoms with Gasteiger partial charge in [-0.3, -0.25) is 4.79 Å². The summed E-state index contributed by atoms with van der Waals surface area (Å²) in [5.41, 5.74) is 1.45. The lowest BCUT2D eigenvalue weighted by atomic mass is 10.2. The Bertz CT molecular complexity index is 570. The Balaban J connectivity index is 2.24. The molecule has 18 heavy (non-hydrogen) atoms. The van der Waals surface area contributed by atoms with Gasteiger partial charge in [-0.25, -0.2) is 13.8 Å². The molecule has 0 bridgehead atoms. The zero-order valence-corrected chi connectivity index (χ0v) is 10.2. The van der Waals surface area contributed by atoms with Gasteiger partial charge in [0.15, 0.2) is 5.82 Å². The summed E-state index contributed by atoms with van der Waals surface area (Å²) in [7, 11) is 0. The number of aromatic nitrogens is 2. The smallest absolute Gasteiger partial charge is 0.295 e. The monoisotopic (exact) mass is 271 g/mol. The third-order valence-corrected chi connectivity index (χ3v) is 2.55. The van der Waals surface area contributed by atoms with Crippen LogP contribution in [0.4, 0.5) is 14.5 Å². The Hall–Kier alpha value is -1.63. The van der Waals surface area contributed by atoms with Crippen LogP contribution in [-0.4, -0.2) is 21.6 Å². The average Bonchev–Trinajstić information content (AvgIpc) is 2.72. The highest BCUT2D eigenvalue weighted by atomic mass is 32.1. The molecule has 0 saturated carbocycles. The lowest BCUT2D eigenvalue weighted by Crippen LogP contribution is -2.11. The molecule has 4 nitrogen and oxygen atoms in total. The van der Waals surface area contributed by atoms with Crippen molar-refractivity contribution in [2.45, 2.75) is 12.8 Å². The zero-order chi connectivity index (χ0) is 13.1. The first-order valence-corrected chi connectivity index (χ1v) is 5.92. The van der Waals surface area contributed by atoms with Crippen LogP contribution in [-0.2, 0) is 4.79 Å². The third kappa shape index (κ3) is 2.79. The van der Waals surface area contributed by atoms with Crippen LogP contribution in [0.3, 0.4) is 0 Å². The Morgan fingerprint density at radius 2 is 2.28 bits per heavy atom. The molecule has 96 valence electrons. The highest BCUT2D eigenvalue weighted by Gasteiger charge is 2.12. The highest BCUT2D eigenvalue weighted by Crippen LogP contribution is 2.22. The number of aromatic amines is 1. The van der Waals surface area contributed by atoms with Crippen LogP contribution in [0.2, 0.25) is 0 Å². The zero-order valence-electron chi connectivity index (χ0n) is 9.28. The van der Waals surface area contributed by atoms with Gasteiger partial charge < -0.3 is 10.3 Å². The molecule has 1 aromatic heterocycles. The number of anilines is 1. The van der Waals surface area contributed by atoms with Crippen LogP contribution in [0.15, 0.2) is 18.2 Å². The fourth-order valence-electron chi connectivity index (χ4n) is 1.54. The van der Waals surface area contributed by atoms with Gasteiger partial charge >= 0.3 is 0 Å². The van der Waals surface area contributed by atoms with Crippen LogP contribution >= 0.6 is 12.6 Å². The van der Waals surface area contributed by atoms with E-state index in [4.69, 9.17) is 0 Å². The molecule has 1 amide bonds.